The van der Waals surface area contributed by atoms with E-state index in [2.05, 4.69) is 66.0 Å². The minimum absolute atomic E-state index is 0.127. The number of rotatable bonds is 21. The van der Waals surface area contributed by atoms with Gasteiger partial charge in [0.2, 0.25) is 6.79 Å². The molecule has 4 aromatic rings. The molecule has 0 aliphatic carbocycles. The molecule has 2 unspecified atom stereocenters. The molecule has 0 aliphatic heterocycles. The number of unbranched alkanes of at least 4 members (excludes halogenated alkanes) is 4. The third kappa shape index (κ3) is 13.1. The van der Waals surface area contributed by atoms with Crippen molar-refractivity contribution in [1.82, 2.24) is 5.32 Å². The highest BCUT2D eigenvalue weighted by molar-refractivity contribution is 5.88. The van der Waals surface area contributed by atoms with Gasteiger partial charge >= 0.3 is 17.9 Å². The minimum Gasteiger partial charge on any atom is -0.479 e. The van der Waals surface area contributed by atoms with E-state index in [1.165, 1.54) is 32.7 Å². The maximum absolute atomic E-state index is 13.3. The summed E-state index contributed by atoms with van der Waals surface area (Å²) >= 11 is 0. The van der Waals surface area contributed by atoms with Gasteiger partial charge in [-0.1, -0.05) is 97.8 Å². The van der Waals surface area contributed by atoms with E-state index in [9.17, 15) is 24.3 Å². The lowest BCUT2D eigenvalue weighted by atomic mass is 9.98. The highest BCUT2D eigenvalue weighted by Crippen LogP contribution is 2.19. The Morgan fingerprint density at radius 3 is 1.77 bits per heavy atom. The normalized spacial score (nSPS) is 12.7. The van der Waals surface area contributed by atoms with Gasteiger partial charge in [-0.3, -0.25) is 9.59 Å². The first-order valence-corrected chi connectivity index (χ1v) is 18.0. The molecule has 278 valence electrons. The molecule has 10 heteroatoms. The van der Waals surface area contributed by atoms with Gasteiger partial charge < -0.3 is 29.4 Å². The van der Waals surface area contributed by atoms with Crippen molar-refractivity contribution in [3.8, 4) is 0 Å². The van der Waals surface area contributed by atoms with Crippen LogP contribution in [0.25, 0.3) is 21.5 Å². The van der Waals surface area contributed by atoms with E-state index < -0.39 is 54.8 Å². The molecule has 0 radical (unpaired) electrons. The number of aliphatic carboxylic acids is 1. The molecule has 0 spiro atoms. The number of nitrogens with one attached hydrogen (secondary N) is 1. The Kier molecular flexibility index (Phi) is 15.6. The molecule has 0 saturated carbocycles. The molecule has 0 saturated heterocycles. The number of benzene rings is 4. The number of ether oxygens (including phenoxy) is 4. The van der Waals surface area contributed by atoms with E-state index in [0.29, 0.717) is 19.4 Å². The van der Waals surface area contributed by atoms with E-state index in [4.69, 9.17) is 18.9 Å². The number of amides is 1. The largest absolute Gasteiger partial charge is 0.479 e. The van der Waals surface area contributed by atoms with Gasteiger partial charge in [0.15, 0.2) is 12.2 Å². The Balaban J connectivity index is 1.25. The summed E-state index contributed by atoms with van der Waals surface area (Å²) in [5.41, 5.74) is 1.69. The van der Waals surface area contributed by atoms with Crippen molar-refractivity contribution in [3.63, 3.8) is 0 Å². The second kappa shape index (κ2) is 20.3. The number of carbonyl (C=O) groups is 4. The second-order valence-corrected chi connectivity index (χ2v) is 14.0. The van der Waals surface area contributed by atoms with Crippen LogP contribution in [-0.4, -0.2) is 67.7 Å². The Morgan fingerprint density at radius 2 is 1.21 bits per heavy atom. The fourth-order valence-corrected chi connectivity index (χ4v) is 5.70. The van der Waals surface area contributed by atoms with Gasteiger partial charge in [0.1, 0.15) is 6.61 Å². The molecular formula is C42H51NO9. The number of carbonyl (C=O) groups excluding carboxylic acids is 3. The van der Waals surface area contributed by atoms with Crippen molar-refractivity contribution < 1.29 is 43.2 Å². The first kappa shape index (κ1) is 40.0. The zero-order chi connectivity index (χ0) is 37.3. The topological polar surface area (TPSA) is 137 Å². The molecule has 4 rings (SSSR count). The predicted octanol–water partition coefficient (Wildman–Crippen LogP) is 7.18. The molecule has 4 aromatic carbocycles. The fourth-order valence-electron chi connectivity index (χ4n) is 5.70. The van der Waals surface area contributed by atoms with Crippen LogP contribution in [0.4, 0.5) is 0 Å². The van der Waals surface area contributed by atoms with Crippen LogP contribution >= 0.6 is 0 Å². The summed E-state index contributed by atoms with van der Waals surface area (Å²) < 4.78 is 21.0. The number of esters is 2. The summed E-state index contributed by atoms with van der Waals surface area (Å²) in [4.78, 5) is 49.8. The lowest BCUT2D eigenvalue weighted by Gasteiger charge is -2.24. The van der Waals surface area contributed by atoms with Gasteiger partial charge in [-0.05, 0) is 92.0 Å². The zero-order valence-electron chi connectivity index (χ0n) is 30.4. The van der Waals surface area contributed by atoms with Gasteiger partial charge in [0, 0.05) is 13.2 Å². The van der Waals surface area contributed by atoms with Crippen LogP contribution in [0.2, 0.25) is 0 Å². The third-order valence-electron chi connectivity index (χ3n) is 8.66. The molecule has 52 heavy (non-hydrogen) atoms. The molecule has 2 N–H and O–H groups in total. The molecule has 0 aromatic heterocycles. The third-order valence-corrected chi connectivity index (χ3v) is 8.66. The maximum atomic E-state index is 13.3. The number of hydrogen-bond donors (Lipinski definition) is 2. The SMILES string of the molecule is CC(C)(C)C(=O)OCOC(=O)COC(C(=O)O)C(OCCCCCc1ccc2ccccc2c1)C(=O)NCCCCCc1ccc2ccccc2c1. The summed E-state index contributed by atoms with van der Waals surface area (Å²) in [5, 5.41) is 17.6. The van der Waals surface area contributed by atoms with Crippen LogP contribution in [-0.2, 0) is 51.0 Å². The highest BCUT2D eigenvalue weighted by Gasteiger charge is 2.36. The van der Waals surface area contributed by atoms with E-state index >= 15 is 0 Å². The first-order chi connectivity index (χ1) is 25.0. The van der Waals surface area contributed by atoms with Crippen LogP contribution in [0.5, 0.6) is 0 Å². The average molecular weight is 714 g/mol. The minimum atomic E-state index is -1.77. The lowest BCUT2D eigenvalue weighted by Crippen LogP contribution is -2.49. The Labute approximate surface area is 305 Å². The van der Waals surface area contributed by atoms with E-state index in [-0.39, 0.29) is 6.61 Å². The summed E-state index contributed by atoms with van der Waals surface area (Å²) in [5.74, 6) is -3.61. The number of fused-ring (bicyclic) bond motifs is 2. The summed E-state index contributed by atoms with van der Waals surface area (Å²) in [6.07, 6.45) is 3.30. The van der Waals surface area contributed by atoms with Crippen molar-refractivity contribution in [2.24, 2.45) is 5.41 Å². The highest BCUT2D eigenvalue weighted by atomic mass is 16.7. The zero-order valence-corrected chi connectivity index (χ0v) is 30.4. The van der Waals surface area contributed by atoms with Crippen molar-refractivity contribution in [2.75, 3.05) is 26.6 Å². The number of hydrogen-bond acceptors (Lipinski definition) is 8. The quantitative estimate of drug-likeness (QED) is 0.0523. The fraction of sp³-hybridized carbons (Fsp3) is 0.429. The van der Waals surface area contributed by atoms with E-state index in [1.54, 1.807) is 20.8 Å². The molecular weight excluding hydrogens is 662 g/mol. The van der Waals surface area contributed by atoms with Gasteiger partial charge in [0.05, 0.1) is 5.41 Å². The van der Waals surface area contributed by atoms with Crippen LogP contribution in [0.1, 0.15) is 70.4 Å². The smallest absolute Gasteiger partial charge is 0.336 e. The first-order valence-electron chi connectivity index (χ1n) is 18.0. The maximum Gasteiger partial charge on any atom is 0.336 e. The Hall–Kier alpha value is -4.80. The molecule has 1 amide bonds. The van der Waals surface area contributed by atoms with Crippen molar-refractivity contribution in [1.29, 1.82) is 0 Å². The second-order valence-electron chi connectivity index (χ2n) is 14.0. The van der Waals surface area contributed by atoms with Crippen LogP contribution in [0, 0.1) is 5.41 Å². The molecule has 0 heterocycles. The Bertz CT molecular complexity index is 1780. The van der Waals surface area contributed by atoms with Crippen LogP contribution < -0.4 is 5.32 Å². The van der Waals surface area contributed by atoms with Gasteiger partial charge in [-0.25, -0.2) is 9.59 Å². The number of carboxylic acids is 1. The van der Waals surface area contributed by atoms with Gasteiger partial charge in [-0.15, -0.1) is 0 Å². The standard InChI is InChI=1S/C42H51NO9/c1-42(2,3)41(48)52-29-51-36(44)28-50-38(40(46)47)37(49-25-13-5-7-15-31-21-23-33-17-9-11-19-35(33)27-31)39(45)43-24-12-4-6-14-30-20-22-32-16-8-10-18-34(32)26-30/h8-11,16-23,26-27,37-38H,4-7,12-15,24-25,28-29H2,1-3H3,(H,43,45)(H,46,47). The van der Waals surface area contributed by atoms with Gasteiger partial charge in [0.25, 0.3) is 5.91 Å². The van der Waals surface area contributed by atoms with E-state index in [0.717, 1.165) is 38.5 Å². The van der Waals surface area contributed by atoms with Crippen molar-refractivity contribution >= 4 is 45.4 Å². The average Bonchev–Trinajstić information content (AvgIpc) is 3.12. The molecule has 0 aliphatic rings. The van der Waals surface area contributed by atoms with Crippen molar-refractivity contribution in [2.45, 2.75) is 84.3 Å². The van der Waals surface area contributed by atoms with Gasteiger partial charge in [-0.2, -0.15) is 0 Å². The molecule has 2 atom stereocenters. The monoisotopic (exact) mass is 713 g/mol. The summed E-state index contributed by atoms with van der Waals surface area (Å²) in [7, 11) is 0. The van der Waals surface area contributed by atoms with Crippen molar-refractivity contribution in [3.05, 3.63) is 96.1 Å². The molecule has 10 nitrogen and oxygen atoms in total. The van der Waals surface area contributed by atoms with E-state index in [1.807, 2.05) is 24.3 Å². The predicted molar refractivity (Wildman–Crippen MR) is 200 cm³/mol. The lowest BCUT2D eigenvalue weighted by molar-refractivity contribution is -0.182. The number of aryl methyl sites for hydroxylation is 2. The summed E-state index contributed by atoms with van der Waals surface area (Å²) in [6, 6.07) is 29.3. The summed E-state index contributed by atoms with van der Waals surface area (Å²) in [6.45, 7) is 3.99. The van der Waals surface area contributed by atoms with Crippen LogP contribution in [0.15, 0.2) is 84.9 Å². The number of carboxylic acid groups (broad SMARTS) is 1. The van der Waals surface area contributed by atoms with Crippen LogP contribution in [0.3, 0.4) is 0 Å². The molecule has 0 fully saturated rings. The Morgan fingerprint density at radius 1 is 0.654 bits per heavy atom. The molecule has 0 bridgehead atoms.